The third kappa shape index (κ3) is 13.4. The van der Waals surface area contributed by atoms with Crippen molar-refractivity contribution in [2.24, 2.45) is 70.3 Å². The summed E-state index contributed by atoms with van der Waals surface area (Å²) in [5.74, 6) is 9.66. The zero-order chi connectivity index (χ0) is 60.2. The average molecular weight is 1220 g/mol. The topological polar surface area (TPSA) is 214 Å². The number of dihydropyridines is 1. The Morgan fingerprint density at radius 3 is 2.34 bits per heavy atom. The van der Waals surface area contributed by atoms with Crippen LogP contribution in [0.15, 0.2) is 120 Å². The van der Waals surface area contributed by atoms with Crippen molar-refractivity contribution in [2.45, 2.75) is 158 Å². The van der Waals surface area contributed by atoms with Crippen molar-refractivity contribution in [2.75, 3.05) is 44.5 Å². The van der Waals surface area contributed by atoms with Gasteiger partial charge in [-0.1, -0.05) is 145 Å². The van der Waals surface area contributed by atoms with Crippen LogP contribution in [-0.4, -0.2) is 116 Å². The quantitative estimate of drug-likeness (QED) is 0.0364. The Morgan fingerprint density at radius 1 is 0.782 bits per heavy atom. The van der Waals surface area contributed by atoms with Gasteiger partial charge in [0, 0.05) is 83.7 Å². The molecule has 1 saturated heterocycles. The molecule has 3 fully saturated rings. The number of aromatic hydroxyl groups is 1. The molecule has 0 radical (unpaired) electrons. The van der Waals surface area contributed by atoms with E-state index in [4.69, 9.17) is 15.2 Å². The second kappa shape index (κ2) is 28.2. The maximum Gasteiger partial charge on any atom is 0.161 e. The molecule has 87 heavy (non-hydrogen) atoms. The van der Waals surface area contributed by atoms with E-state index in [-0.39, 0.29) is 79.4 Å². The molecular formula is C73H95N3O9S2. The first-order valence-electron chi connectivity index (χ1n) is 33.1. The fourth-order valence-corrected chi connectivity index (χ4v) is 20.6. The molecule has 8 aliphatic rings. The fraction of sp³-hybridized carbons (Fsp3) is 0.589. The standard InChI is InChI=1S/C73H95N3O9S2/c1-2-44-28-51-34-65(81)68(85-69-35-52(30-54-18-11-24-75-54)56-22-25-76-72(74)63(56)43-87-86-42-53(40-78)71(69)83)37-58(51)60-36-66(82)70-49(32-57(44)60)21-23-73(38-55(80)19-20-67(70)84-27-26-77)39-62(46-14-7-4-8-15-46)59-31-48-17-10-9-16-47(48)29-50(33-61(59)64(73)41-79)45-12-5-3-6-13-45/h4,7-11,14-18,22,24,32,34,37,44-45,49-50,52-53,55,59-62,64,66-67,69-71,75-83H,2-3,5-6,12-13,19-20,25-31,33,35-36,38-43,74H2,1H3. The molecule has 11 N–H and O–H groups in total. The second-order valence-corrected chi connectivity index (χ2v) is 29.8. The number of benzene rings is 3. The van der Waals surface area contributed by atoms with Gasteiger partial charge in [-0.2, -0.15) is 0 Å². The van der Waals surface area contributed by atoms with Gasteiger partial charge >= 0.3 is 0 Å². The number of rotatable bonds is 12. The van der Waals surface area contributed by atoms with Gasteiger partial charge in [0.05, 0.1) is 37.6 Å². The molecule has 2 saturated carbocycles. The van der Waals surface area contributed by atoms with Crippen LogP contribution < -0.4 is 15.8 Å². The monoisotopic (exact) mass is 1220 g/mol. The number of nitrogens with one attached hydrogen (secondary N) is 2. The molecule has 0 bridgehead atoms. The van der Waals surface area contributed by atoms with Crippen molar-refractivity contribution in [1.29, 1.82) is 0 Å². The van der Waals surface area contributed by atoms with Crippen LogP contribution in [0.2, 0.25) is 0 Å². The van der Waals surface area contributed by atoms with Gasteiger partial charge in [-0.3, -0.25) is 0 Å². The van der Waals surface area contributed by atoms with Crippen molar-refractivity contribution < 1.29 is 45.2 Å². The van der Waals surface area contributed by atoms with Crippen molar-refractivity contribution in [3.8, 4) is 23.3 Å². The molecule has 1 spiro atoms. The van der Waals surface area contributed by atoms with Crippen LogP contribution in [0.1, 0.15) is 136 Å². The lowest BCUT2D eigenvalue weighted by Crippen LogP contribution is -2.51. The number of aromatic amines is 1. The van der Waals surface area contributed by atoms with E-state index >= 15 is 0 Å². The minimum atomic E-state index is -1.08. The minimum absolute atomic E-state index is 0.0223. The highest BCUT2D eigenvalue weighted by Crippen LogP contribution is 2.60. The third-order valence-corrected chi connectivity index (χ3v) is 24.8. The molecular weight excluding hydrogens is 1130 g/mol. The Labute approximate surface area is 524 Å². The second-order valence-electron chi connectivity index (χ2n) is 27.3. The summed E-state index contributed by atoms with van der Waals surface area (Å²) in [4.78, 5) is 3.39. The maximum atomic E-state index is 13.2. The molecule has 3 aromatic carbocycles. The molecule has 4 aromatic rings. The summed E-state index contributed by atoms with van der Waals surface area (Å²) >= 11 is 0. The number of hydrogen-bond acceptors (Lipinski definition) is 13. The molecule has 17 unspecified atom stereocenters. The van der Waals surface area contributed by atoms with E-state index in [1.165, 1.54) is 54.4 Å². The zero-order valence-electron chi connectivity index (χ0n) is 50.9. The van der Waals surface area contributed by atoms with E-state index in [0.29, 0.717) is 87.1 Å². The highest BCUT2D eigenvalue weighted by atomic mass is 33.1. The summed E-state index contributed by atoms with van der Waals surface area (Å²) in [5.41, 5.74) is 16.5. The largest absolute Gasteiger partial charge is 0.504 e. The van der Waals surface area contributed by atoms with E-state index in [1.54, 1.807) is 21.6 Å². The normalized spacial score (nSPS) is 35.0. The molecule has 3 heterocycles. The van der Waals surface area contributed by atoms with Crippen LogP contribution >= 0.6 is 21.6 Å². The summed E-state index contributed by atoms with van der Waals surface area (Å²) in [5, 5.41) is 87.2. The number of nitrogens with two attached hydrogens (primary N) is 1. The summed E-state index contributed by atoms with van der Waals surface area (Å²) in [7, 11) is 3.26. The van der Waals surface area contributed by atoms with Gasteiger partial charge < -0.3 is 61.3 Å². The van der Waals surface area contributed by atoms with Crippen LogP contribution in [-0.2, 0) is 30.4 Å². The molecule has 14 heteroatoms. The molecule has 17 atom stereocenters. The number of fused-ring (bicyclic) bond motifs is 7. The van der Waals surface area contributed by atoms with Gasteiger partial charge in [-0.15, -0.1) is 0 Å². The van der Waals surface area contributed by atoms with Gasteiger partial charge in [0.15, 0.2) is 11.5 Å². The first-order valence-corrected chi connectivity index (χ1v) is 35.6. The van der Waals surface area contributed by atoms with E-state index in [1.807, 2.05) is 24.4 Å². The lowest BCUT2D eigenvalue weighted by Gasteiger charge is -2.55. The minimum Gasteiger partial charge on any atom is -0.504 e. The van der Waals surface area contributed by atoms with Crippen LogP contribution in [0.25, 0.3) is 0 Å². The predicted octanol–water partition coefficient (Wildman–Crippen LogP) is 10.7. The maximum absolute atomic E-state index is 13.2. The number of ether oxygens (including phenoxy) is 2. The zero-order valence-corrected chi connectivity index (χ0v) is 52.5. The Morgan fingerprint density at radius 2 is 1.59 bits per heavy atom. The van der Waals surface area contributed by atoms with Gasteiger partial charge in [-0.25, -0.2) is 0 Å². The molecule has 2 aliphatic heterocycles. The number of aliphatic hydroxyl groups is 6. The van der Waals surface area contributed by atoms with Crippen LogP contribution in [0, 0.1) is 76.4 Å². The third-order valence-electron chi connectivity index (χ3n) is 22.4. The van der Waals surface area contributed by atoms with E-state index in [2.05, 4.69) is 102 Å². The van der Waals surface area contributed by atoms with Crippen molar-refractivity contribution in [3.05, 3.63) is 153 Å². The number of phenols is 1. The lowest BCUT2D eigenvalue weighted by atomic mass is 9.49. The number of aromatic nitrogens is 1. The Bertz CT molecular complexity index is 3120. The summed E-state index contributed by atoms with van der Waals surface area (Å²) in [6.45, 7) is 2.42. The number of H-pyrrole nitrogens is 1. The highest BCUT2D eigenvalue weighted by molar-refractivity contribution is 8.76. The fourth-order valence-electron chi connectivity index (χ4n) is 18.1. The predicted molar refractivity (Wildman–Crippen MR) is 347 cm³/mol. The SMILES string of the molecule is CCC1Cc2cc(O)c(OC3CC(Cc4ccc[nH]4)C4=CCNC(N)=C4CSSCC(CO)C3O)cc2C2CC(O)C3C(C#CC4(CC(O)CCC3OCCO)CC(c3ccccc3)C3Cc5ccccc5CC(C5CCCCC5)CC3C4CO)C=C12. The summed E-state index contributed by atoms with van der Waals surface area (Å²) < 4.78 is 13.7. The Kier molecular flexibility index (Phi) is 20.3. The number of phenolic OH excluding ortho intramolecular Hbond substituents is 1. The number of allylic oxidation sites excluding steroid dienone is 3. The van der Waals surface area contributed by atoms with E-state index in [9.17, 15) is 35.7 Å². The van der Waals surface area contributed by atoms with E-state index < -0.39 is 53.7 Å². The molecule has 0 amide bonds. The van der Waals surface area contributed by atoms with Gasteiger partial charge in [0.2, 0.25) is 0 Å². The summed E-state index contributed by atoms with van der Waals surface area (Å²) in [6, 6.07) is 28.0. The van der Waals surface area contributed by atoms with Crippen molar-refractivity contribution >= 4 is 21.6 Å². The Balaban J connectivity index is 0.950. The van der Waals surface area contributed by atoms with Crippen LogP contribution in [0.3, 0.4) is 0 Å². The molecule has 1 aromatic heterocycles. The molecule has 6 aliphatic carbocycles. The average Bonchev–Trinajstić information content (AvgIpc) is 1.53. The highest BCUT2D eigenvalue weighted by Gasteiger charge is 2.55. The lowest BCUT2D eigenvalue weighted by molar-refractivity contribution is -0.0732. The van der Waals surface area contributed by atoms with Gasteiger partial charge in [-0.05, 0) is 176 Å². The summed E-state index contributed by atoms with van der Waals surface area (Å²) in [6.07, 6.45) is 16.5. The van der Waals surface area contributed by atoms with Crippen molar-refractivity contribution in [3.63, 3.8) is 0 Å². The Hall–Kier alpha value is -4.66. The molecule has 12 rings (SSSR count). The first kappa shape index (κ1) is 62.5. The molecule has 12 nitrogen and oxygen atoms in total. The number of aliphatic hydroxyl groups excluding tert-OH is 6. The van der Waals surface area contributed by atoms with Gasteiger partial charge in [0.1, 0.15) is 11.9 Å². The van der Waals surface area contributed by atoms with Gasteiger partial charge in [0.25, 0.3) is 0 Å². The van der Waals surface area contributed by atoms with Crippen molar-refractivity contribution in [1.82, 2.24) is 10.3 Å². The number of hydrogen-bond donors (Lipinski definition) is 10. The van der Waals surface area contributed by atoms with Crippen LogP contribution in [0.5, 0.6) is 11.5 Å². The van der Waals surface area contributed by atoms with E-state index in [0.717, 1.165) is 53.7 Å². The molecule has 468 valence electrons. The smallest absolute Gasteiger partial charge is 0.161 e. The van der Waals surface area contributed by atoms with Crippen LogP contribution in [0.4, 0.5) is 0 Å². The first-order chi connectivity index (χ1) is 42.5.